The van der Waals surface area contributed by atoms with Gasteiger partial charge >= 0.3 is 29.9 Å². The Morgan fingerprint density at radius 3 is 1.43 bits per heavy atom. The molecule has 0 atom stereocenters. The molecule has 12 heteroatoms. The average molecular weight is 362 g/mol. The first-order valence-corrected chi connectivity index (χ1v) is 5.38. The summed E-state index contributed by atoms with van der Waals surface area (Å²) in [5.74, 6) is -30.0. The molecular weight excluding hydrogens is 357 g/mol. The summed E-state index contributed by atoms with van der Waals surface area (Å²) in [5.41, 5.74) is -2.23. The van der Waals surface area contributed by atoms with Crippen LogP contribution in [-0.2, 0) is 5.92 Å². The number of aromatic hydroxyl groups is 1. The highest BCUT2D eigenvalue weighted by Gasteiger charge is 2.87. The Kier molecular flexibility index (Phi) is 4.30. The van der Waals surface area contributed by atoms with Crippen LogP contribution in [0.5, 0.6) is 5.75 Å². The van der Waals surface area contributed by atoms with E-state index in [2.05, 4.69) is 0 Å². The maximum absolute atomic E-state index is 13.5. The average Bonchev–Trinajstić information content (AvgIpc) is 2.36. The quantitative estimate of drug-likeness (QED) is 0.752. The Labute approximate surface area is 120 Å². The van der Waals surface area contributed by atoms with Gasteiger partial charge in [-0.25, -0.2) is 0 Å². The molecule has 132 valence electrons. The molecule has 0 unspecified atom stereocenters. The minimum atomic E-state index is -7.50. The van der Waals surface area contributed by atoms with Gasteiger partial charge in [0.15, 0.2) is 0 Å². The summed E-state index contributed by atoms with van der Waals surface area (Å²) in [4.78, 5) is 0. The molecule has 0 heterocycles. The highest BCUT2D eigenvalue weighted by molar-refractivity contribution is 5.37. The summed E-state index contributed by atoms with van der Waals surface area (Å²) in [7, 11) is 0. The number of para-hydroxylation sites is 1. The van der Waals surface area contributed by atoms with Crippen molar-refractivity contribution in [2.75, 3.05) is 0 Å². The Hall–Kier alpha value is -1.75. The van der Waals surface area contributed by atoms with Crippen molar-refractivity contribution in [3.63, 3.8) is 0 Å². The SMILES string of the molecule is Oc1ccccc1C(F)(F)C(F)(F)C(F)(F)C(F)(F)C(F)(F)F. The Balaban J connectivity index is 3.53. The van der Waals surface area contributed by atoms with Gasteiger partial charge in [-0.3, -0.25) is 0 Å². The molecule has 0 aromatic heterocycles. The minimum absolute atomic E-state index is 0.0228. The normalized spacial score (nSPS) is 14.9. The lowest BCUT2D eigenvalue weighted by Gasteiger charge is -2.37. The van der Waals surface area contributed by atoms with Gasteiger partial charge in [-0.1, -0.05) is 12.1 Å². The lowest BCUT2D eigenvalue weighted by molar-refractivity contribution is -0.424. The number of hydrogen-bond acceptors (Lipinski definition) is 1. The number of phenols is 1. The molecule has 0 saturated carbocycles. The van der Waals surface area contributed by atoms with E-state index in [1.165, 1.54) is 0 Å². The standard InChI is InChI=1S/C11H5F11O/c12-7(13,5-3-1-2-4-6(5)23)8(14,15)9(16,17)10(18,19)11(20,21)22/h1-4,23H. The third-order valence-corrected chi connectivity index (χ3v) is 2.78. The van der Waals surface area contributed by atoms with Crippen LogP contribution in [0.15, 0.2) is 24.3 Å². The van der Waals surface area contributed by atoms with E-state index in [4.69, 9.17) is 5.11 Å². The van der Waals surface area contributed by atoms with Gasteiger partial charge in [-0.2, -0.15) is 48.3 Å². The van der Waals surface area contributed by atoms with E-state index in [0.717, 1.165) is 6.07 Å². The maximum atomic E-state index is 13.5. The summed E-state index contributed by atoms with van der Waals surface area (Å²) < 4.78 is 140. The number of halogens is 11. The van der Waals surface area contributed by atoms with Crippen LogP contribution in [0.1, 0.15) is 5.56 Å². The zero-order chi connectivity index (χ0) is 18.5. The molecule has 0 fully saturated rings. The molecule has 1 nitrogen and oxygen atoms in total. The monoisotopic (exact) mass is 362 g/mol. The second kappa shape index (κ2) is 5.13. The van der Waals surface area contributed by atoms with Gasteiger partial charge in [0.25, 0.3) is 0 Å². The molecule has 1 rings (SSSR count). The van der Waals surface area contributed by atoms with Gasteiger partial charge in [0, 0.05) is 0 Å². The first-order chi connectivity index (χ1) is 10.0. The second-order valence-corrected chi connectivity index (χ2v) is 4.31. The molecule has 1 N–H and O–H groups in total. The van der Waals surface area contributed by atoms with Gasteiger partial charge in [0.05, 0.1) is 5.56 Å². The van der Waals surface area contributed by atoms with Crippen molar-refractivity contribution in [3.05, 3.63) is 29.8 Å². The highest BCUT2D eigenvalue weighted by atomic mass is 19.4. The molecule has 0 aliphatic heterocycles. The molecule has 0 saturated heterocycles. The van der Waals surface area contributed by atoms with Gasteiger partial charge in [0.1, 0.15) is 5.75 Å². The molecular formula is C11H5F11O. The van der Waals surface area contributed by atoms with E-state index in [1.54, 1.807) is 0 Å². The number of phenolic OH excluding ortho intramolecular Hbond substituents is 1. The molecule has 0 amide bonds. The van der Waals surface area contributed by atoms with Crippen LogP contribution in [0.25, 0.3) is 0 Å². The lowest BCUT2D eigenvalue weighted by atomic mass is 9.93. The highest BCUT2D eigenvalue weighted by Crippen LogP contribution is 2.60. The molecule has 0 aliphatic carbocycles. The van der Waals surface area contributed by atoms with E-state index in [0.29, 0.717) is 12.1 Å². The van der Waals surface area contributed by atoms with Crippen LogP contribution in [0, 0.1) is 0 Å². The molecule has 0 aliphatic rings. The molecule has 0 radical (unpaired) electrons. The number of rotatable bonds is 4. The summed E-state index contributed by atoms with van der Waals surface area (Å²) in [6, 6.07) is 1.67. The van der Waals surface area contributed by atoms with Crippen molar-refractivity contribution in [1.82, 2.24) is 0 Å². The van der Waals surface area contributed by atoms with E-state index < -0.39 is 41.2 Å². The molecule has 23 heavy (non-hydrogen) atoms. The van der Waals surface area contributed by atoms with Crippen LogP contribution in [0.4, 0.5) is 48.3 Å². The third-order valence-electron chi connectivity index (χ3n) is 2.78. The first kappa shape index (κ1) is 19.3. The third kappa shape index (κ3) is 2.57. The summed E-state index contributed by atoms with van der Waals surface area (Å²) in [6.45, 7) is 0. The predicted molar refractivity (Wildman–Crippen MR) is 52.9 cm³/mol. The van der Waals surface area contributed by atoms with E-state index >= 15 is 0 Å². The summed E-state index contributed by atoms with van der Waals surface area (Å²) in [6.07, 6.45) is -7.21. The minimum Gasteiger partial charge on any atom is -0.507 e. The van der Waals surface area contributed by atoms with Gasteiger partial charge in [-0.15, -0.1) is 0 Å². The summed E-state index contributed by atoms with van der Waals surface area (Å²) in [5, 5.41) is 8.97. The zero-order valence-corrected chi connectivity index (χ0v) is 10.4. The molecule has 1 aromatic carbocycles. The van der Waals surface area contributed by atoms with E-state index in [-0.39, 0.29) is 6.07 Å². The molecule has 0 spiro atoms. The van der Waals surface area contributed by atoms with Crippen LogP contribution in [0.3, 0.4) is 0 Å². The van der Waals surface area contributed by atoms with Crippen LogP contribution >= 0.6 is 0 Å². The topological polar surface area (TPSA) is 20.2 Å². The fourth-order valence-electron chi connectivity index (χ4n) is 1.48. The van der Waals surface area contributed by atoms with Crippen LogP contribution in [0.2, 0.25) is 0 Å². The zero-order valence-electron chi connectivity index (χ0n) is 10.4. The number of benzene rings is 1. The molecule has 0 bridgehead atoms. The predicted octanol–water partition coefficient (Wildman–Crippen LogP) is 4.95. The number of hydrogen-bond donors (Lipinski definition) is 1. The number of alkyl halides is 11. The summed E-state index contributed by atoms with van der Waals surface area (Å²) >= 11 is 0. The molecule has 1 aromatic rings. The Morgan fingerprint density at radius 2 is 1.04 bits per heavy atom. The Morgan fingerprint density at radius 1 is 0.609 bits per heavy atom. The first-order valence-electron chi connectivity index (χ1n) is 5.38. The van der Waals surface area contributed by atoms with Crippen molar-refractivity contribution >= 4 is 0 Å². The van der Waals surface area contributed by atoms with Crippen molar-refractivity contribution in [1.29, 1.82) is 0 Å². The fourth-order valence-corrected chi connectivity index (χ4v) is 1.48. The van der Waals surface area contributed by atoms with E-state index in [9.17, 15) is 48.3 Å². The maximum Gasteiger partial charge on any atom is 0.460 e. The van der Waals surface area contributed by atoms with Crippen molar-refractivity contribution in [2.45, 2.75) is 29.9 Å². The Bertz CT molecular complexity index is 576. The second-order valence-electron chi connectivity index (χ2n) is 4.31. The van der Waals surface area contributed by atoms with E-state index in [1.807, 2.05) is 0 Å². The van der Waals surface area contributed by atoms with Gasteiger partial charge < -0.3 is 5.11 Å². The van der Waals surface area contributed by atoms with Crippen molar-refractivity contribution in [2.24, 2.45) is 0 Å². The van der Waals surface area contributed by atoms with Crippen LogP contribution in [-0.4, -0.2) is 29.1 Å². The largest absolute Gasteiger partial charge is 0.507 e. The van der Waals surface area contributed by atoms with Crippen molar-refractivity contribution in [3.8, 4) is 5.75 Å². The van der Waals surface area contributed by atoms with Gasteiger partial charge in [0.2, 0.25) is 0 Å². The van der Waals surface area contributed by atoms with Gasteiger partial charge in [-0.05, 0) is 12.1 Å². The van der Waals surface area contributed by atoms with Crippen LogP contribution < -0.4 is 0 Å². The smallest absolute Gasteiger partial charge is 0.460 e. The lowest BCUT2D eigenvalue weighted by Crippen LogP contribution is -2.65. The fraction of sp³-hybridized carbons (Fsp3) is 0.455. The van der Waals surface area contributed by atoms with Crippen molar-refractivity contribution < 1.29 is 53.4 Å².